The summed E-state index contributed by atoms with van der Waals surface area (Å²) in [6, 6.07) is 10.1. The van der Waals surface area contributed by atoms with Crippen molar-refractivity contribution < 1.29 is 0 Å². The molecule has 0 aliphatic carbocycles. The highest BCUT2D eigenvalue weighted by Gasteiger charge is 2.35. The zero-order valence-corrected chi connectivity index (χ0v) is 12.5. The maximum atomic E-state index is 4.70. The number of hydrogen-bond donors (Lipinski definition) is 1. The van der Waals surface area contributed by atoms with Gasteiger partial charge in [0.25, 0.3) is 0 Å². The first-order valence-electron chi connectivity index (χ1n) is 8.00. The molecular formula is C17H22N4. The molecule has 2 fully saturated rings. The Labute approximate surface area is 125 Å². The second-order valence-electron chi connectivity index (χ2n) is 6.46. The minimum atomic E-state index is 0.534. The van der Waals surface area contributed by atoms with Gasteiger partial charge in [0, 0.05) is 18.1 Å². The van der Waals surface area contributed by atoms with Crippen LogP contribution in [0.2, 0.25) is 0 Å². The first-order valence-corrected chi connectivity index (χ1v) is 8.00. The Morgan fingerprint density at radius 2 is 1.81 bits per heavy atom. The van der Waals surface area contributed by atoms with Gasteiger partial charge in [-0.15, -0.1) is 0 Å². The number of fused-ring (bicyclic) bond motifs is 3. The monoisotopic (exact) mass is 282 g/mol. The second-order valence-corrected chi connectivity index (χ2v) is 6.46. The van der Waals surface area contributed by atoms with E-state index in [1.165, 1.54) is 32.1 Å². The lowest BCUT2D eigenvalue weighted by Gasteiger charge is -2.47. The molecule has 2 aliphatic heterocycles. The summed E-state index contributed by atoms with van der Waals surface area (Å²) in [5.41, 5.74) is 1.93. The fourth-order valence-corrected chi connectivity index (χ4v) is 3.97. The van der Waals surface area contributed by atoms with Gasteiger partial charge in [-0.2, -0.15) is 0 Å². The number of rotatable bonds is 2. The Balaban J connectivity index is 1.52. The minimum absolute atomic E-state index is 0.534. The molecule has 1 N–H and O–H groups in total. The summed E-state index contributed by atoms with van der Waals surface area (Å²) < 4.78 is 0. The van der Waals surface area contributed by atoms with Crippen LogP contribution in [0.3, 0.4) is 0 Å². The fraction of sp³-hybridized carbons (Fsp3) is 0.529. The summed E-state index contributed by atoms with van der Waals surface area (Å²) in [5, 5.41) is 3.62. The largest absolute Gasteiger partial charge is 0.366 e. The predicted molar refractivity (Wildman–Crippen MR) is 85.4 cm³/mol. The van der Waals surface area contributed by atoms with E-state index >= 15 is 0 Å². The number of anilines is 1. The normalized spacial score (nSPS) is 29.5. The number of benzene rings is 1. The Bertz CT molecular complexity index is 627. The van der Waals surface area contributed by atoms with Gasteiger partial charge in [-0.25, -0.2) is 4.98 Å². The molecule has 1 aromatic heterocycles. The SMILES string of the molecule is CN1C2CCCC1CC(Nc1cnc3ccccc3n1)C2. The fourth-order valence-electron chi connectivity index (χ4n) is 3.97. The highest BCUT2D eigenvalue weighted by Crippen LogP contribution is 2.33. The van der Waals surface area contributed by atoms with Crippen LogP contribution in [0.1, 0.15) is 32.1 Å². The molecule has 3 heterocycles. The van der Waals surface area contributed by atoms with Gasteiger partial charge in [-0.3, -0.25) is 4.98 Å². The minimum Gasteiger partial charge on any atom is -0.366 e. The Kier molecular flexibility index (Phi) is 3.26. The zero-order chi connectivity index (χ0) is 14.2. The van der Waals surface area contributed by atoms with Crippen molar-refractivity contribution in [1.29, 1.82) is 0 Å². The molecule has 4 rings (SSSR count). The molecule has 110 valence electrons. The van der Waals surface area contributed by atoms with Crippen molar-refractivity contribution in [1.82, 2.24) is 14.9 Å². The van der Waals surface area contributed by atoms with Gasteiger partial charge in [0.1, 0.15) is 5.82 Å². The van der Waals surface area contributed by atoms with E-state index in [-0.39, 0.29) is 0 Å². The van der Waals surface area contributed by atoms with E-state index in [9.17, 15) is 0 Å². The molecule has 4 nitrogen and oxygen atoms in total. The lowest BCUT2D eigenvalue weighted by molar-refractivity contribution is 0.0608. The van der Waals surface area contributed by atoms with Crippen molar-refractivity contribution in [2.24, 2.45) is 0 Å². The third-order valence-electron chi connectivity index (χ3n) is 5.14. The first kappa shape index (κ1) is 13.0. The van der Waals surface area contributed by atoms with E-state index in [4.69, 9.17) is 4.98 Å². The third-order valence-corrected chi connectivity index (χ3v) is 5.14. The van der Waals surface area contributed by atoms with Gasteiger partial charge in [0.15, 0.2) is 0 Å². The Morgan fingerprint density at radius 1 is 1.10 bits per heavy atom. The number of nitrogens with one attached hydrogen (secondary N) is 1. The lowest BCUT2D eigenvalue weighted by atomic mass is 9.82. The standard InChI is InChI=1S/C17H22N4/c1-21-13-5-4-6-14(21)10-12(9-13)19-17-11-18-15-7-2-3-8-16(15)20-17/h2-3,7-8,11-14H,4-6,9-10H2,1H3,(H,19,20). The topological polar surface area (TPSA) is 41.0 Å². The maximum absolute atomic E-state index is 4.70. The average molecular weight is 282 g/mol. The smallest absolute Gasteiger partial charge is 0.145 e. The number of hydrogen-bond acceptors (Lipinski definition) is 4. The highest BCUT2D eigenvalue weighted by atomic mass is 15.2. The van der Waals surface area contributed by atoms with Crippen molar-refractivity contribution >= 4 is 16.9 Å². The van der Waals surface area contributed by atoms with E-state index < -0.39 is 0 Å². The van der Waals surface area contributed by atoms with E-state index in [1.807, 2.05) is 30.5 Å². The summed E-state index contributed by atoms with van der Waals surface area (Å²) in [6.45, 7) is 0. The Morgan fingerprint density at radius 3 is 2.57 bits per heavy atom. The number of aromatic nitrogens is 2. The van der Waals surface area contributed by atoms with Crippen molar-refractivity contribution in [2.45, 2.75) is 50.2 Å². The van der Waals surface area contributed by atoms with Crippen LogP contribution in [0.25, 0.3) is 11.0 Å². The molecule has 2 aromatic rings. The maximum Gasteiger partial charge on any atom is 0.145 e. The molecule has 4 heteroatoms. The number of piperidine rings is 2. The van der Waals surface area contributed by atoms with Gasteiger partial charge in [-0.05, 0) is 44.9 Å². The van der Waals surface area contributed by atoms with Crippen LogP contribution in [0.15, 0.2) is 30.5 Å². The van der Waals surface area contributed by atoms with Crippen molar-refractivity contribution in [2.75, 3.05) is 12.4 Å². The first-order chi connectivity index (χ1) is 10.3. The Hall–Kier alpha value is -1.68. The molecule has 2 bridgehead atoms. The molecule has 0 radical (unpaired) electrons. The molecule has 2 aliphatic rings. The summed E-state index contributed by atoms with van der Waals surface area (Å²) in [5.74, 6) is 0.918. The molecule has 0 spiro atoms. The summed E-state index contributed by atoms with van der Waals surface area (Å²) in [6.07, 6.45) is 8.39. The van der Waals surface area contributed by atoms with Gasteiger partial charge in [0.05, 0.1) is 17.2 Å². The van der Waals surface area contributed by atoms with Crippen LogP contribution in [-0.2, 0) is 0 Å². The molecule has 0 saturated carbocycles. The van der Waals surface area contributed by atoms with E-state index in [1.54, 1.807) is 0 Å². The quantitative estimate of drug-likeness (QED) is 0.919. The van der Waals surface area contributed by atoms with Gasteiger partial charge in [-0.1, -0.05) is 18.6 Å². The van der Waals surface area contributed by atoms with Gasteiger partial charge < -0.3 is 10.2 Å². The van der Waals surface area contributed by atoms with E-state index in [0.717, 1.165) is 28.9 Å². The van der Waals surface area contributed by atoms with Gasteiger partial charge in [0.2, 0.25) is 0 Å². The molecule has 2 atom stereocenters. The lowest BCUT2D eigenvalue weighted by Crippen LogP contribution is -2.52. The average Bonchev–Trinajstić information content (AvgIpc) is 2.48. The molecule has 1 aromatic carbocycles. The van der Waals surface area contributed by atoms with Crippen LogP contribution in [0.5, 0.6) is 0 Å². The highest BCUT2D eigenvalue weighted by molar-refractivity contribution is 5.75. The molecule has 0 amide bonds. The van der Waals surface area contributed by atoms with Crippen molar-refractivity contribution in [3.8, 4) is 0 Å². The summed E-state index contributed by atoms with van der Waals surface area (Å²) in [7, 11) is 2.29. The third kappa shape index (κ3) is 2.48. The van der Waals surface area contributed by atoms with Crippen LogP contribution < -0.4 is 5.32 Å². The molecule has 2 saturated heterocycles. The van der Waals surface area contributed by atoms with E-state index in [0.29, 0.717) is 6.04 Å². The molecule has 21 heavy (non-hydrogen) atoms. The summed E-state index contributed by atoms with van der Waals surface area (Å²) >= 11 is 0. The number of nitrogens with zero attached hydrogens (tertiary/aromatic N) is 3. The molecule has 2 unspecified atom stereocenters. The predicted octanol–water partition coefficient (Wildman–Crippen LogP) is 3.06. The summed E-state index contributed by atoms with van der Waals surface area (Å²) in [4.78, 5) is 11.8. The zero-order valence-electron chi connectivity index (χ0n) is 12.5. The van der Waals surface area contributed by atoms with Crippen LogP contribution in [0, 0.1) is 0 Å². The van der Waals surface area contributed by atoms with Crippen molar-refractivity contribution in [3.05, 3.63) is 30.5 Å². The molecular weight excluding hydrogens is 260 g/mol. The van der Waals surface area contributed by atoms with Crippen molar-refractivity contribution in [3.63, 3.8) is 0 Å². The number of para-hydroxylation sites is 2. The van der Waals surface area contributed by atoms with Crippen LogP contribution >= 0.6 is 0 Å². The van der Waals surface area contributed by atoms with Crippen LogP contribution in [0.4, 0.5) is 5.82 Å². The van der Waals surface area contributed by atoms with E-state index in [2.05, 4.69) is 22.2 Å². The van der Waals surface area contributed by atoms with Gasteiger partial charge >= 0.3 is 0 Å². The second kappa shape index (κ2) is 5.26. The van der Waals surface area contributed by atoms with Crippen LogP contribution in [-0.4, -0.2) is 40.0 Å².